The lowest BCUT2D eigenvalue weighted by molar-refractivity contribution is 0.0634. The smallest absolute Gasteiger partial charge is 0.235 e. The molecule has 0 atom stereocenters. The van der Waals surface area contributed by atoms with Crippen LogP contribution in [-0.4, -0.2) is 54.3 Å². The lowest BCUT2D eigenvalue weighted by Gasteiger charge is -2.08. The number of nitrogens with one attached hydrogen (secondary N) is 1. The van der Waals surface area contributed by atoms with Crippen molar-refractivity contribution in [2.24, 2.45) is 0 Å². The van der Waals surface area contributed by atoms with Crippen LogP contribution in [0, 0.1) is 0 Å². The van der Waals surface area contributed by atoms with E-state index in [4.69, 9.17) is 19.0 Å². The van der Waals surface area contributed by atoms with Gasteiger partial charge in [-0.2, -0.15) is 0 Å². The van der Waals surface area contributed by atoms with E-state index in [9.17, 15) is 8.42 Å². The summed E-state index contributed by atoms with van der Waals surface area (Å²) in [6.07, 6.45) is 0. The molecule has 8 heteroatoms. The van der Waals surface area contributed by atoms with Gasteiger partial charge in [0, 0.05) is 7.11 Å². The number of sulfonamides is 1. The summed E-state index contributed by atoms with van der Waals surface area (Å²) in [6.45, 7) is 1.23. The van der Waals surface area contributed by atoms with E-state index in [1.165, 1.54) is 0 Å². The van der Waals surface area contributed by atoms with Gasteiger partial charge in [0.05, 0.1) is 25.6 Å². The van der Waals surface area contributed by atoms with Gasteiger partial charge in [0.25, 0.3) is 0 Å². The first-order valence-electron chi connectivity index (χ1n) is 6.50. The molecule has 0 aliphatic rings. The van der Waals surface area contributed by atoms with Crippen molar-refractivity contribution in [3.63, 3.8) is 0 Å². The van der Waals surface area contributed by atoms with Gasteiger partial charge in [-0.25, -0.2) is 8.42 Å². The molecule has 120 valence electrons. The highest BCUT2D eigenvalue weighted by molar-refractivity contribution is 7.89. The van der Waals surface area contributed by atoms with Gasteiger partial charge in [-0.05, 0) is 12.1 Å². The average Bonchev–Trinajstić information content (AvgIpc) is 2.47. The van der Waals surface area contributed by atoms with E-state index < -0.39 is 10.0 Å². The molecule has 0 fully saturated rings. The van der Waals surface area contributed by atoms with Gasteiger partial charge in [0.15, 0.2) is 0 Å². The number of ether oxygens (including phenoxy) is 3. The molecule has 0 heterocycles. The molecular formula is C13H21NO6S. The minimum absolute atomic E-state index is 0.0859. The van der Waals surface area contributed by atoms with Gasteiger partial charge in [-0.3, -0.25) is 4.84 Å². The van der Waals surface area contributed by atoms with Crippen molar-refractivity contribution in [3.05, 3.63) is 30.3 Å². The summed E-state index contributed by atoms with van der Waals surface area (Å²) in [7, 11) is -1.96. The molecule has 0 bridgehead atoms. The highest BCUT2D eigenvalue weighted by atomic mass is 32.2. The Kier molecular flexibility index (Phi) is 8.95. The van der Waals surface area contributed by atoms with Crippen LogP contribution in [0.4, 0.5) is 0 Å². The Hall–Kier alpha value is -1.19. The van der Waals surface area contributed by atoms with Crippen molar-refractivity contribution < 1.29 is 27.5 Å². The maximum absolute atomic E-state index is 11.5. The van der Waals surface area contributed by atoms with Crippen LogP contribution in [0.3, 0.4) is 0 Å². The van der Waals surface area contributed by atoms with E-state index in [1.54, 1.807) is 7.11 Å². The maximum atomic E-state index is 11.5. The Morgan fingerprint density at radius 3 is 2.48 bits per heavy atom. The zero-order chi connectivity index (χ0) is 15.4. The van der Waals surface area contributed by atoms with Crippen molar-refractivity contribution in [3.8, 4) is 5.75 Å². The van der Waals surface area contributed by atoms with Crippen LogP contribution in [0.1, 0.15) is 0 Å². The Labute approximate surface area is 125 Å². The summed E-state index contributed by atoms with van der Waals surface area (Å²) in [4.78, 5) is 6.87. The van der Waals surface area contributed by atoms with Crippen LogP contribution in [-0.2, 0) is 24.3 Å². The lowest BCUT2D eigenvalue weighted by atomic mass is 10.3. The van der Waals surface area contributed by atoms with Crippen molar-refractivity contribution in [1.29, 1.82) is 0 Å². The van der Waals surface area contributed by atoms with E-state index in [1.807, 2.05) is 35.2 Å². The predicted molar refractivity (Wildman–Crippen MR) is 77.5 cm³/mol. The average molecular weight is 319 g/mol. The van der Waals surface area contributed by atoms with Gasteiger partial charge >= 0.3 is 0 Å². The molecule has 0 saturated heterocycles. The molecule has 1 aromatic carbocycles. The van der Waals surface area contributed by atoms with Crippen molar-refractivity contribution in [2.45, 2.75) is 0 Å². The monoisotopic (exact) mass is 319 g/mol. The molecule has 0 unspecified atom stereocenters. The van der Waals surface area contributed by atoms with Crippen LogP contribution in [0.25, 0.3) is 0 Å². The first-order chi connectivity index (χ1) is 10.1. The highest BCUT2D eigenvalue weighted by Gasteiger charge is 2.09. The predicted octanol–water partition coefficient (Wildman–Crippen LogP) is 0.579. The second-order valence-corrected chi connectivity index (χ2v) is 5.82. The van der Waals surface area contributed by atoms with Crippen LogP contribution in [0.15, 0.2) is 30.3 Å². The zero-order valence-electron chi connectivity index (χ0n) is 12.0. The first kappa shape index (κ1) is 17.9. The summed E-state index contributed by atoms with van der Waals surface area (Å²) in [5.74, 6) is 0.534. The van der Waals surface area contributed by atoms with Crippen LogP contribution >= 0.6 is 0 Å². The fourth-order valence-corrected chi connectivity index (χ4v) is 1.99. The van der Waals surface area contributed by atoms with Crippen LogP contribution in [0.2, 0.25) is 0 Å². The third-order valence-corrected chi connectivity index (χ3v) is 3.39. The molecule has 0 amide bonds. The highest BCUT2D eigenvalue weighted by Crippen LogP contribution is 2.07. The minimum atomic E-state index is -3.51. The molecule has 0 aliphatic heterocycles. The molecule has 0 radical (unpaired) electrons. The van der Waals surface area contributed by atoms with Crippen molar-refractivity contribution in [1.82, 2.24) is 4.89 Å². The van der Waals surface area contributed by atoms with E-state index in [2.05, 4.69) is 0 Å². The molecule has 1 aromatic rings. The van der Waals surface area contributed by atoms with Gasteiger partial charge in [-0.15, -0.1) is 0 Å². The van der Waals surface area contributed by atoms with Crippen LogP contribution < -0.4 is 9.62 Å². The van der Waals surface area contributed by atoms with Crippen molar-refractivity contribution in [2.75, 3.05) is 45.9 Å². The minimum Gasteiger partial charge on any atom is -0.491 e. The molecule has 1 rings (SSSR count). The number of hydrogen-bond donors (Lipinski definition) is 1. The quantitative estimate of drug-likeness (QED) is 0.448. The second-order valence-electron chi connectivity index (χ2n) is 4.02. The van der Waals surface area contributed by atoms with E-state index in [-0.39, 0.29) is 25.6 Å². The summed E-state index contributed by atoms with van der Waals surface area (Å²) in [5.41, 5.74) is 0. The summed E-state index contributed by atoms with van der Waals surface area (Å²) in [6, 6.07) is 9.19. The van der Waals surface area contributed by atoms with Crippen LogP contribution in [0.5, 0.6) is 5.75 Å². The van der Waals surface area contributed by atoms with Gasteiger partial charge in [0.1, 0.15) is 19.0 Å². The standard InChI is InChI=1S/C13H21NO6S/c1-17-7-8-18-11-12-21(15,16)14-20-10-9-19-13-5-3-2-4-6-13/h2-6,14H,7-12H2,1H3. The van der Waals surface area contributed by atoms with Gasteiger partial charge in [-0.1, -0.05) is 23.1 Å². The summed E-state index contributed by atoms with van der Waals surface area (Å²) in [5, 5.41) is 0. The molecule has 0 spiro atoms. The van der Waals surface area contributed by atoms with Gasteiger partial charge in [0.2, 0.25) is 10.0 Å². The lowest BCUT2D eigenvalue weighted by Crippen LogP contribution is -2.30. The zero-order valence-corrected chi connectivity index (χ0v) is 12.8. The number of para-hydroxylation sites is 1. The topological polar surface area (TPSA) is 83.1 Å². The number of methoxy groups -OCH3 is 1. The molecule has 0 aliphatic carbocycles. The number of benzene rings is 1. The maximum Gasteiger partial charge on any atom is 0.235 e. The molecular weight excluding hydrogens is 298 g/mol. The third kappa shape index (κ3) is 9.38. The Balaban J connectivity index is 2.05. The molecule has 7 nitrogen and oxygen atoms in total. The van der Waals surface area contributed by atoms with E-state index in [0.717, 1.165) is 0 Å². The number of hydrogen-bond acceptors (Lipinski definition) is 6. The Morgan fingerprint density at radius 1 is 1.00 bits per heavy atom. The van der Waals surface area contributed by atoms with E-state index in [0.29, 0.717) is 19.0 Å². The molecule has 1 N–H and O–H groups in total. The normalized spacial score (nSPS) is 11.5. The Morgan fingerprint density at radius 2 is 1.76 bits per heavy atom. The molecule has 0 aromatic heterocycles. The fraction of sp³-hybridized carbons (Fsp3) is 0.538. The SMILES string of the molecule is COCCOCCS(=O)(=O)NOCCOc1ccccc1. The molecule has 0 saturated carbocycles. The second kappa shape index (κ2) is 10.5. The van der Waals surface area contributed by atoms with E-state index >= 15 is 0 Å². The largest absolute Gasteiger partial charge is 0.491 e. The number of rotatable bonds is 12. The Bertz CT molecular complexity index is 465. The molecule has 21 heavy (non-hydrogen) atoms. The van der Waals surface area contributed by atoms with Crippen molar-refractivity contribution >= 4 is 10.0 Å². The van der Waals surface area contributed by atoms with Gasteiger partial charge < -0.3 is 14.2 Å². The third-order valence-electron chi connectivity index (χ3n) is 2.31. The first-order valence-corrected chi connectivity index (χ1v) is 8.15. The summed E-state index contributed by atoms with van der Waals surface area (Å²) < 4.78 is 38.2. The fourth-order valence-electron chi connectivity index (χ4n) is 1.30. The summed E-state index contributed by atoms with van der Waals surface area (Å²) >= 11 is 0.